The molecule has 16 heavy (non-hydrogen) atoms. The molecular weight excluding hydrogens is 212 g/mol. The van der Waals surface area contributed by atoms with Crippen LogP contribution in [0.2, 0.25) is 0 Å². The highest BCUT2D eigenvalue weighted by atomic mass is 16.4. The van der Waals surface area contributed by atoms with Crippen LogP contribution < -0.4 is 5.32 Å². The highest BCUT2D eigenvalue weighted by molar-refractivity contribution is 5.96. The molecule has 6 heteroatoms. The SMILES string of the molecule is CC(O)C(NC(=O)c1cccnc1)C(=O)O. The van der Waals surface area contributed by atoms with Gasteiger partial charge in [-0.15, -0.1) is 0 Å². The number of carboxylic acid groups (broad SMARTS) is 1. The summed E-state index contributed by atoms with van der Waals surface area (Å²) in [6.45, 7) is 1.29. The Bertz CT molecular complexity index is 378. The smallest absolute Gasteiger partial charge is 0.328 e. The Kier molecular flexibility index (Phi) is 3.96. The molecule has 1 aromatic rings. The Balaban J connectivity index is 2.74. The predicted octanol–water partition coefficient (Wildman–Crippen LogP) is -0.355. The molecule has 0 radical (unpaired) electrons. The fraction of sp³-hybridized carbons (Fsp3) is 0.300. The fourth-order valence-corrected chi connectivity index (χ4v) is 1.11. The number of pyridine rings is 1. The van der Waals surface area contributed by atoms with Gasteiger partial charge >= 0.3 is 5.97 Å². The van der Waals surface area contributed by atoms with E-state index in [4.69, 9.17) is 10.2 Å². The molecule has 0 saturated heterocycles. The second-order valence-electron chi connectivity index (χ2n) is 3.27. The number of nitrogens with zero attached hydrogens (tertiary/aromatic N) is 1. The Hall–Kier alpha value is -1.95. The van der Waals surface area contributed by atoms with Crippen LogP contribution in [0.15, 0.2) is 24.5 Å². The molecule has 0 spiro atoms. The van der Waals surface area contributed by atoms with Crippen molar-refractivity contribution < 1.29 is 19.8 Å². The van der Waals surface area contributed by atoms with Gasteiger partial charge in [0, 0.05) is 12.4 Å². The lowest BCUT2D eigenvalue weighted by Gasteiger charge is -2.16. The normalized spacial score (nSPS) is 13.9. The Morgan fingerprint density at radius 2 is 2.19 bits per heavy atom. The summed E-state index contributed by atoms with van der Waals surface area (Å²) in [5, 5.41) is 20.1. The maximum absolute atomic E-state index is 11.5. The van der Waals surface area contributed by atoms with Crippen LogP contribution in [-0.2, 0) is 4.79 Å². The maximum atomic E-state index is 11.5. The van der Waals surface area contributed by atoms with E-state index in [0.717, 1.165) is 0 Å². The molecule has 1 aromatic heterocycles. The second kappa shape index (κ2) is 5.22. The summed E-state index contributed by atoms with van der Waals surface area (Å²) < 4.78 is 0. The number of hydrogen-bond donors (Lipinski definition) is 3. The van der Waals surface area contributed by atoms with Crippen LogP contribution in [0.4, 0.5) is 0 Å². The molecule has 86 valence electrons. The Labute approximate surface area is 91.9 Å². The predicted molar refractivity (Wildman–Crippen MR) is 54.8 cm³/mol. The van der Waals surface area contributed by atoms with Gasteiger partial charge in [-0.25, -0.2) is 4.79 Å². The van der Waals surface area contributed by atoms with E-state index in [0.29, 0.717) is 0 Å². The summed E-state index contributed by atoms with van der Waals surface area (Å²) in [7, 11) is 0. The molecule has 0 aliphatic carbocycles. The van der Waals surface area contributed by atoms with E-state index < -0.39 is 24.0 Å². The van der Waals surface area contributed by atoms with Crippen molar-refractivity contribution in [1.29, 1.82) is 0 Å². The minimum atomic E-state index is -1.33. The van der Waals surface area contributed by atoms with Crippen molar-refractivity contribution in [3.8, 4) is 0 Å². The average Bonchev–Trinajstić information content (AvgIpc) is 2.25. The Morgan fingerprint density at radius 3 is 2.62 bits per heavy atom. The molecule has 0 bridgehead atoms. The van der Waals surface area contributed by atoms with Crippen molar-refractivity contribution in [2.75, 3.05) is 0 Å². The molecule has 2 unspecified atom stereocenters. The number of carbonyl (C=O) groups is 2. The van der Waals surface area contributed by atoms with E-state index in [2.05, 4.69) is 10.3 Å². The van der Waals surface area contributed by atoms with Crippen LogP contribution in [-0.4, -0.2) is 39.2 Å². The zero-order valence-corrected chi connectivity index (χ0v) is 8.62. The number of aromatic nitrogens is 1. The zero-order chi connectivity index (χ0) is 12.1. The van der Waals surface area contributed by atoms with Gasteiger partial charge in [0.25, 0.3) is 5.91 Å². The monoisotopic (exact) mass is 224 g/mol. The van der Waals surface area contributed by atoms with Gasteiger partial charge < -0.3 is 15.5 Å². The number of carbonyl (C=O) groups excluding carboxylic acids is 1. The van der Waals surface area contributed by atoms with Crippen LogP contribution in [0.5, 0.6) is 0 Å². The van der Waals surface area contributed by atoms with E-state index in [1.165, 1.54) is 25.4 Å². The molecule has 1 rings (SSSR count). The van der Waals surface area contributed by atoms with E-state index in [-0.39, 0.29) is 5.56 Å². The number of aliphatic hydroxyl groups excluding tert-OH is 1. The first-order chi connectivity index (χ1) is 7.52. The van der Waals surface area contributed by atoms with E-state index in [1.54, 1.807) is 6.07 Å². The molecule has 0 aromatic carbocycles. The first-order valence-electron chi connectivity index (χ1n) is 4.64. The minimum Gasteiger partial charge on any atom is -0.480 e. The standard InChI is InChI=1S/C10H12N2O4/c1-6(13)8(10(15)16)12-9(14)7-3-2-4-11-5-7/h2-6,8,13H,1H3,(H,12,14)(H,15,16). The second-order valence-corrected chi connectivity index (χ2v) is 3.27. The van der Waals surface area contributed by atoms with Gasteiger partial charge in [0.15, 0.2) is 6.04 Å². The van der Waals surface area contributed by atoms with Crippen molar-refractivity contribution in [2.45, 2.75) is 19.1 Å². The lowest BCUT2D eigenvalue weighted by Crippen LogP contribution is -2.47. The van der Waals surface area contributed by atoms with E-state index in [1.807, 2.05) is 0 Å². The van der Waals surface area contributed by atoms with Crippen LogP contribution >= 0.6 is 0 Å². The third kappa shape index (κ3) is 3.03. The molecule has 6 nitrogen and oxygen atoms in total. The number of carboxylic acids is 1. The molecule has 3 N–H and O–H groups in total. The van der Waals surface area contributed by atoms with Crippen LogP contribution in [0, 0.1) is 0 Å². The number of nitrogens with one attached hydrogen (secondary N) is 1. The molecule has 0 aliphatic rings. The summed E-state index contributed by atoms with van der Waals surface area (Å²) in [6, 6.07) is 1.74. The largest absolute Gasteiger partial charge is 0.480 e. The molecular formula is C10H12N2O4. The Morgan fingerprint density at radius 1 is 1.50 bits per heavy atom. The van der Waals surface area contributed by atoms with E-state index in [9.17, 15) is 9.59 Å². The lowest BCUT2D eigenvalue weighted by atomic mass is 10.1. The first-order valence-corrected chi connectivity index (χ1v) is 4.64. The fourth-order valence-electron chi connectivity index (χ4n) is 1.11. The number of hydrogen-bond acceptors (Lipinski definition) is 4. The summed E-state index contributed by atoms with van der Waals surface area (Å²) in [5.74, 6) is -1.87. The summed E-state index contributed by atoms with van der Waals surface area (Å²) in [4.78, 5) is 26.0. The van der Waals surface area contributed by atoms with E-state index >= 15 is 0 Å². The van der Waals surface area contributed by atoms with Crippen molar-refractivity contribution in [3.05, 3.63) is 30.1 Å². The molecule has 0 fully saturated rings. The highest BCUT2D eigenvalue weighted by Gasteiger charge is 2.25. The molecule has 0 saturated carbocycles. The van der Waals surface area contributed by atoms with Crippen molar-refractivity contribution in [1.82, 2.24) is 10.3 Å². The van der Waals surface area contributed by atoms with Gasteiger partial charge in [-0.3, -0.25) is 9.78 Å². The van der Waals surface area contributed by atoms with Gasteiger partial charge in [0.2, 0.25) is 0 Å². The zero-order valence-electron chi connectivity index (χ0n) is 8.62. The summed E-state index contributed by atoms with van der Waals surface area (Å²) in [6.07, 6.45) is 1.65. The molecule has 0 aliphatic heterocycles. The maximum Gasteiger partial charge on any atom is 0.328 e. The number of rotatable bonds is 4. The lowest BCUT2D eigenvalue weighted by molar-refractivity contribution is -0.141. The number of aliphatic carboxylic acids is 1. The molecule has 1 amide bonds. The van der Waals surface area contributed by atoms with Gasteiger partial charge in [-0.05, 0) is 19.1 Å². The van der Waals surface area contributed by atoms with Crippen molar-refractivity contribution >= 4 is 11.9 Å². The van der Waals surface area contributed by atoms with Crippen LogP contribution in [0.25, 0.3) is 0 Å². The van der Waals surface area contributed by atoms with Gasteiger partial charge in [-0.1, -0.05) is 0 Å². The number of aliphatic hydroxyl groups is 1. The minimum absolute atomic E-state index is 0.245. The third-order valence-electron chi connectivity index (χ3n) is 1.96. The quantitative estimate of drug-likeness (QED) is 0.649. The van der Waals surface area contributed by atoms with Gasteiger partial charge in [0.05, 0.1) is 11.7 Å². The van der Waals surface area contributed by atoms with Gasteiger partial charge in [0.1, 0.15) is 0 Å². The first kappa shape index (κ1) is 12.1. The highest BCUT2D eigenvalue weighted by Crippen LogP contribution is 1.99. The molecule has 2 atom stereocenters. The average molecular weight is 224 g/mol. The summed E-state index contributed by atoms with van der Waals surface area (Å²) >= 11 is 0. The topological polar surface area (TPSA) is 99.5 Å². The third-order valence-corrected chi connectivity index (χ3v) is 1.96. The van der Waals surface area contributed by atoms with Gasteiger partial charge in [-0.2, -0.15) is 0 Å². The van der Waals surface area contributed by atoms with Crippen LogP contribution in [0.3, 0.4) is 0 Å². The van der Waals surface area contributed by atoms with Crippen molar-refractivity contribution in [3.63, 3.8) is 0 Å². The summed E-state index contributed by atoms with van der Waals surface area (Å²) in [5.41, 5.74) is 0.245. The molecule has 1 heterocycles. The van der Waals surface area contributed by atoms with Crippen molar-refractivity contribution in [2.24, 2.45) is 0 Å². The number of amides is 1. The van der Waals surface area contributed by atoms with Crippen LogP contribution in [0.1, 0.15) is 17.3 Å².